The van der Waals surface area contributed by atoms with Gasteiger partial charge in [-0.05, 0) is 36.4 Å². The molecule has 0 saturated carbocycles. The van der Waals surface area contributed by atoms with E-state index in [9.17, 15) is 56.9 Å². The molecule has 0 aliphatic carbocycles. The van der Waals surface area contributed by atoms with E-state index in [1.54, 1.807) is 60.7 Å². The summed E-state index contributed by atoms with van der Waals surface area (Å²) in [6.07, 6.45) is 0. The molecule has 0 aliphatic rings. The van der Waals surface area contributed by atoms with Crippen molar-refractivity contribution in [2.75, 3.05) is 0 Å². The van der Waals surface area contributed by atoms with Gasteiger partial charge in [-0.15, -0.1) is 11.4 Å². The van der Waals surface area contributed by atoms with Gasteiger partial charge in [-0.1, -0.05) is 61.6 Å². The maximum atomic E-state index is 12.5. The van der Waals surface area contributed by atoms with Crippen LogP contribution in [-0.4, -0.2) is 65.6 Å². The molecule has 0 unspecified atom stereocenters. The van der Waals surface area contributed by atoms with Crippen molar-refractivity contribution in [2.45, 2.75) is 23.6 Å². The minimum atomic E-state index is -4.82. The fourth-order valence-electron chi connectivity index (χ4n) is 4.81. The van der Waals surface area contributed by atoms with E-state index in [0.717, 1.165) is 9.36 Å². The Balaban J connectivity index is 0.000000582. The van der Waals surface area contributed by atoms with E-state index in [1.807, 2.05) is 0 Å². The predicted molar refractivity (Wildman–Crippen MR) is 198 cm³/mol. The van der Waals surface area contributed by atoms with Gasteiger partial charge in [0.2, 0.25) is 11.5 Å². The first kappa shape index (κ1) is 55.9. The van der Waals surface area contributed by atoms with Gasteiger partial charge in [-0.2, -0.15) is 27.1 Å². The van der Waals surface area contributed by atoms with Crippen molar-refractivity contribution in [3.05, 3.63) is 137 Å². The maximum absolute atomic E-state index is 12.5. The molecule has 2 aromatic heterocycles. The number of nitro benzene ring substituents is 2. The largest absolute Gasteiger partial charge is 1.00 e. The van der Waals surface area contributed by atoms with Crippen molar-refractivity contribution in [2.24, 2.45) is 20.5 Å². The summed E-state index contributed by atoms with van der Waals surface area (Å²) >= 11 is 0. The number of nitrogens with zero attached hydrogens (tertiary/aromatic N) is 10. The Kier molecular flexibility index (Phi) is 20.7. The number of benzene rings is 4. The van der Waals surface area contributed by atoms with Gasteiger partial charge >= 0.3 is 100 Å². The van der Waals surface area contributed by atoms with E-state index in [2.05, 4.69) is 30.7 Å². The zero-order valence-electron chi connectivity index (χ0n) is 32.7. The predicted octanol–water partition coefficient (Wildman–Crippen LogP) is -3.92. The molecule has 0 saturated heterocycles. The number of aromatic nitrogens is 4. The number of azo groups is 2. The number of phenols is 2. The number of hydrogen-bond acceptors (Lipinski definition) is 18. The van der Waals surface area contributed by atoms with Crippen LogP contribution in [0.1, 0.15) is 11.4 Å². The quantitative estimate of drug-likeness (QED) is 0.0254. The van der Waals surface area contributed by atoms with Crippen LogP contribution >= 0.6 is 0 Å². The average molecular weight is 958 g/mol. The molecule has 2 heterocycles. The van der Waals surface area contributed by atoms with Crippen LogP contribution in [0.25, 0.3) is 11.4 Å². The van der Waals surface area contributed by atoms with Gasteiger partial charge in [-0.25, -0.2) is 19.6 Å². The van der Waals surface area contributed by atoms with Crippen LogP contribution in [0.15, 0.2) is 125 Å². The molecule has 0 bridgehead atoms. The molecule has 0 aliphatic heterocycles. The van der Waals surface area contributed by atoms with Gasteiger partial charge in [0.15, 0.2) is 0 Å². The summed E-state index contributed by atoms with van der Waals surface area (Å²) in [5, 5.41) is 64.6. The van der Waals surface area contributed by atoms with Crippen LogP contribution in [0.3, 0.4) is 0 Å². The van der Waals surface area contributed by atoms with Crippen LogP contribution in [0.2, 0.25) is 0 Å². The van der Waals surface area contributed by atoms with Gasteiger partial charge in [0.25, 0.3) is 20.2 Å². The van der Waals surface area contributed by atoms with Gasteiger partial charge in [0.05, 0.1) is 21.2 Å². The zero-order chi connectivity index (χ0) is 42.7. The van der Waals surface area contributed by atoms with Gasteiger partial charge in [-0.3, -0.25) is 29.3 Å². The molecule has 30 heteroatoms. The summed E-state index contributed by atoms with van der Waals surface area (Å²) in [4.78, 5) is 43.3. The third-order valence-corrected chi connectivity index (χ3v) is 9.23. The third kappa shape index (κ3) is 13.0. The van der Waals surface area contributed by atoms with Gasteiger partial charge in [0.1, 0.15) is 32.3 Å². The number of nitro groups is 2. The van der Waals surface area contributed by atoms with Crippen LogP contribution in [-0.2, 0) is 37.6 Å². The maximum Gasteiger partial charge on any atom is 1.00 e. The van der Waals surface area contributed by atoms with Crippen molar-refractivity contribution in [3.63, 3.8) is 0 Å². The molecule has 4 aromatic carbocycles. The van der Waals surface area contributed by atoms with Crippen molar-refractivity contribution in [3.8, 4) is 22.9 Å². The molecule has 24 nitrogen and oxygen atoms in total. The van der Waals surface area contributed by atoms with Crippen molar-refractivity contribution < 1.29 is 152 Å². The number of phenolic OH excluding ortho intramolecular Hbond substituents is 2. The first-order chi connectivity index (χ1) is 27.2. The molecule has 306 valence electrons. The van der Waals surface area contributed by atoms with Crippen molar-refractivity contribution in [1.82, 2.24) is 19.6 Å². The minimum Gasteiger partial charge on any atom is -0.501 e. The van der Waals surface area contributed by atoms with Crippen molar-refractivity contribution >= 4 is 54.4 Å². The van der Waals surface area contributed by atoms with E-state index in [1.165, 1.54) is 13.8 Å². The Labute approximate surface area is 425 Å². The van der Waals surface area contributed by atoms with Crippen LogP contribution in [0.4, 0.5) is 34.1 Å². The summed E-state index contributed by atoms with van der Waals surface area (Å²) in [6.45, 7) is 2.96. The van der Waals surface area contributed by atoms with E-state index in [0.29, 0.717) is 35.6 Å². The summed E-state index contributed by atoms with van der Waals surface area (Å²) < 4.78 is 65.8. The van der Waals surface area contributed by atoms with Crippen LogP contribution in [0.5, 0.6) is 11.5 Å². The topological polar surface area (TPSA) is 355 Å². The Hall–Kier alpha value is -4.15. The Morgan fingerprint density at radius 3 is 1.19 bits per heavy atom. The Morgan fingerprint density at radius 1 is 0.613 bits per heavy atom. The number of rotatable bonds is 10. The molecular weight excluding hydrogens is 934 g/mol. The van der Waals surface area contributed by atoms with Gasteiger partial charge in [0, 0.05) is 29.5 Å². The van der Waals surface area contributed by atoms with E-state index >= 15 is 0 Å². The molecule has 0 fully saturated rings. The van der Waals surface area contributed by atoms with E-state index in [-0.39, 0.29) is 129 Å². The number of hydrogen-bond donors (Lipinski definition) is 4. The monoisotopic (exact) mass is 957 g/mol. The smallest absolute Gasteiger partial charge is 0.501 e. The fourth-order valence-corrected chi connectivity index (χ4v) is 5.85. The Morgan fingerprint density at radius 2 is 0.919 bits per heavy atom. The summed E-state index contributed by atoms with van der Waals surface area (Å²) in [5.74, 6) is -1.96. The first-order valence-corrected chi connectivity index (χ1v) is 18.5. The standard InChI is InChI=1S/2C16H12N5O7S.Cr.3Na/c2*1-9-14(16(23)20(19-9)10-5-3-2-4-6-10)18-17-12-7-11(29(26,27)28)8-13(15(12)22)21(24)25;;;;/h2*2-8,22H,1H3,(H,26,27,28);;;;/q2*-1;;3*+1. The molecule has 62 heavy (non-hydrogen) atoms. The second-order valence-corrected chi connectivity index (χ2v) is 14.3. The molecule has 0 atom stereocenters. The van der Waals surface area contributed by atoms with Crippen LogP contribution in [0, 0.1) is 34.1 Å². The van der Waals surface area contributed by atoms with Crippen molar-refractivity contribution in [1.29, 1.82) is 0 Å². The van der Waals surface area contributed by atoms with E-state index in [4.69, 9.17) is 9.11 Å². The molecule has 6 rings (SSSR count). The fraction of sp³-hybridized carbons (Fsp3) is 0.0625. The summed E-state index contributed by atoms with van der Waals surface area (Å²) in [6, 6.07) is 19.2. The average Bonchev–Trinajstić information content (AvgIpc) is 3.61. The molecule has 0 spiro atoms. The SMILES string of the molecule is Cc1nn(-c2ccccc2)c(=O)[c-]1N=Nc1cc(S(=O)(=O)O)cc([N+](=O)[O-])c1O.Cc1nn(-c2ccccc2)c(=O)[c-]1N=Nc1cc(S(=O)(=O)O)cc([N+](=O)[O-])c1O.[Cr].[Na+].[Na+].[Na+]. The second-order valence-electron chi connectivity index (χ2n) is 11.5. The Bertz CT molecular complexity index is 2810. The first-order valence-electron chi connectivity index (χ1n) is 15.6. The minimum absolute atomic E-state index is 0. The van der Waals surface area contributed by atoms with Gasteiger partial charge < -0.3 is 30.0 Å². The summed E-state index contributed by atoms with van der Waals surface area (Å²) in [7, 11) is -9.65. The summed E-state index contributed by atoms with van der Waals surface area (Å²) in [5.41, 5.74) is -3.68. The molecule has 4 N–H and O–H groups in total. The second kappa shape index (κ2) is 23.0. The zero-order valence-corrected chi connectivity index (χ0v) is 41.6. The normalized spacial score (nSPS) is 11.0. The number of aryl methyl sites for hydroxylation is 2. The number of para-hydroxylation sites is 2. The molecule has 6 aromatic rings. The molecule has 0 amide bonds. The third-order valence-electron chi connectivity index (χ3n) is 7.57. The number of aromatic hydroxyl groups is 2. The van der Waals surface area contributed by atoms with Crippen LogP contribution < -0.4 is 99.8 Å². The molecule has 0 radical (unpaired) electrons. The van der Waals surface area contributed by atoms with E-state index < -0.39 is 85.2 Å². The molecular formula is C32H24CrN10Na3O14S2+.